The van der Waals surface area contributed by atoms with Gasteiger partial charge < -0.3 is 10.6 Å². The molecule has 1 aromatic carbocycles. The Morgan fingerprint density at radius 2 is 2.09 bits per heavy atom. The molecule has 8 heteroatoms. The van der Waals surface area contributed by atoms with E-state index in [9.17, 15) is 10.1 Å². The van der Waals surface area contributed by atoms with E-state index < -0.39 is 4.92 Å². The van der Waals surface area contributed by atoms with Gasteiger partial charge in [0.2, 0.25) is 11.6 Å². The molecule has 0 saturated carbocycles. The normalized spacial score (nSPS) is 11.8. The monoisotopic (exact) mass is 365 g/mol. The summed E-state index contributed by atoms with van der Waals surface area (Å²) in [5, 5.41) is 17.4. The Bertz CT molecular complexity index is 680. The second kappa shape index (κ2) is 7.17. The van der Waals surface area contributed by atoms with Gasteiger partial charge in [0.1, 0.15) is 6.33 Å². The van der Waals surface area contributed by atoms with Crippen LogP contribution in [-0.4, -0.2) is 20.9 Å². The summed E-state index contributed by atoms with van der Waals surface area (Å²) in [5.41, 5.74) is 0.536. The van der Waals surface area contributed by atoms with Crippen LogP contribution in [0.1, 0.15) is 20.3 Å². The van der Waals surface area contributed by atoms with Crippen molar-refractivity contribution >= 4 is 38.9 Å². The fraction of sp³-hybridized carbons (Fsp3) is 0.286. The highest BCUT2D eigenvalue weighted by Crippen LogP contribution is 2.32. The summed E-state index contributed by atoms with van der Waals surface area (Å²) in [4.78, 5) is 18.9. The largest absolute Gasteiger partial charge is 0.362 e. The van der Waals surface area contributed by atoms with Crippen molar-refractivity contribution in [3.05, 3.63) is 45.2 Å². The molecule has 116 valence electrons. The van der Waals surface area contributed by atoms with Gasteiger partial charge in [0.05, 0.1) is 4.92 Å². The summed E-state index contributed by atoms with van der Waals surface area (Å²) in [7, 11) is 0. The number of hydrogen-bond donors (Lipinski definition) is 2. The number of nitro groups is 1. The molecule has 1 heterocycles. The van der Waals surface area contributed by atoms with E-state index in [1.54, 1.807) is 6.07 Å². The van der Waals surface area contributed by atoms with Crippen molar-refractivity contribution in [2.75, 3.05) is 10.6 Å². The molecule has 0 aliphatic rings. The van der Waals surface area contributed by atoms with Crippen LogP contribution in [-0.2, 0) is 0 Å². The highest BCUT2D eigenvalue weighted by atomic mass is 79.9. The highest BCUT2D eigenvalue weighted by Gasteiger charge is 2.23. The maximum Gasteiger partial charge on any atom is 0.353 e. The van der Waals surface area contributed by atoms with Crippen LogP contribution in [0.3, 0.4) is 0 Å². The van der Waals surface area contributed by atoms with Crippen molar-refractivity contribution in [1.29, 1.82) is 0 Å². The zero-order chi connectivity index (χ0) is 16.1. The van der Waals surface area contributed by atoms with Gasteiger partial charge in [-0.15, -0.1) is 0 Å². The van der Waals surface area contributed by atoms with E-state index in [-0.39, 0.29) is 23.4 Å². The number of halogens is 1. The lowest BCUT2D eigenvalue weighted by atomic mass is 10.2. The lowest BCUT2D eigenvalue weighted by Crippen LogP contribution is -2.16. The Kier molecular flexibility index (Phi) is 5.26. The number of rotatable bonds is 6. The van der Waals surface area contributed by atoms with E-state index in [0.717, 1.165) is 10.9 Å². The van der Waals surface area contributed by atoms with E-state index in [4.69, 9.17) is 0 Å². The Morgan fingerprint density at radius 3 is 2.73 bits per heavy atom. The minimum atomic E-state index is -0.481. The number of nitrogens with one attached hydrogen (secondary N) is 2. The van der Waals surface area contributed by atoms with Crippen molar-refractivity contribution in [2.45, 2.75) is 26.3 Å². The summed E-state index contributed by atoms with van der Waals surface area (Å²) in [6, 6.07) is 7.39. The van der Waals surface area contributed by atoms with Gasteiger partial charge in [-0.25, -0.2) is 9.97 Å². The lowest BCUT2D eigenvalue weighted by molar-refractivity contribution is -0.383. The summed E-state index contributed by atoms with van der Waals surface area (Å²) in [6.45, 7) is 3.93. The first-order chi connectivity index (χ1) is 10.5. The van der Waals surface area contributed by atoms with Gasteiger partial charge in [-0.1, -0.05) is 28.9 Å². The topological polar surface area (TPSA) is 93.0 Å². The highest BCUT2D eigenvalue weighted by molar-refractivity contribution is 9.10. The summed E-state index contributed by atoms with van der Waals surface area (Å²) >= 11 is 3.36. The molecule has 0 radical (unpaired) electrons. The van der Waals surface area contributed by atoms with Gasteiger partial charge in [-0.05, 0) is 31.5 Å². The molecule has 0 aliphatic carbocycles. The van der Waals surface area contributed by atoms with Crippen molar-refractivity contribution in [1.82, 2.24) is 9.97 Å². The molecular weight excluding hydrogens is 350 g/mol. The molecule has 1 atom stereocenters. The average molecular weight is 366 g/mol. The lowest BCUT2D eigenvalue weighted by Gasteiger charge is -2.13. The predicted molar refractivity (Wildman–Crippen MR) is 89.5 cm³/mol. The van der Waals surface area contributed by atoms with Crippen LogP contribution in [0, 0.1) is 10.1 Å². The number of hydrogen-bond acceptors (Lipinski definition) is 6. The SMILES string of the molecule is CCC(C)Nc1ncnc(Nc2cccc(Br)c2)c1[N+](=O)[O-]. The van der Waals surface area contributed by atoms with E-state index in [2.05, 4.69) is 36.5 Å². The third-order valence-electron chi connectivity index (χ3n) is 3.09. The summed E-state index contributed by atoms with van der Waals surface area (Å²) < 4.78 is 0.868. The maximum absolute atomic E-state index is 11.4. The summed E-state index contributed by atoms with van der Waals surface area (Å²) in [5.74, 6) is 0.371. The minimum absolute atomic E-state index is 0.0762. The molecule has 0 aliphatic heterocycles. The standard InChI is InChI=1S/C14H16BrN5O2/c1-3-9(2)18-13-12(20(21)22)14(17-8-16-13)19-11-6-4-5-10(15)7-11/h4-9H,3H2,1-2H3,(H2,16,17,18,19). The number of aromatic nitrogens is 2. The van der Waals surface area contributed by atoms with E-state index in [0.29, 0.717) is 5.69 Å². The predicted octanol–water partition coefficient (Wildman–Crippen LogP) is 4.10. The fourth-order valence-corrected chi connectivity index (χ4v) is 2.19. The Hall–Kier alpha value is -2.22. The third kappa shape index (κ3) is 3.91. The van der Waals surface area contributed by atoms with Crippen LogP contribution < -0.4 is 10.6 Å². The molecule has 1 aromatic heterocycles. The van der Waals surface area contributed by atoms with E-state index in [1.807, 2.05) is 32.0 Å². The smallest absolute Gasteiger partial charge is 0.353 e. The quantitative estimate of drug-likeness (QED) is 0.591. The molecule has 2 N–H and O–H groups in total. The van der Waals surface area contributed by atoms with Gasteiger partial charge in [0.25, 0.3) is 0 Å². The molecule has 0 saturated heterocycles. The van der Waals surface area contributed by atoms with E-state index in [1.165, 1.54) is 6.33 Å². The zero-order valence-electron chi connectivity index (χ0n) is 12.2. The maximum atomic E-state index is 11.4. The van der Waals surface area contributed by atoms with Crippen molar-refractivity contribution in [3.8, 4) is 0 Å². The third-order valence-corrected chi connectivity index (χ3v) is 3.58. The van der Waals surface area contributed by atoms with Gasteiger partial charge in [0, 0.05) is 16.2 Å². The first-order valence-electron chi connectivity index (χ1n) is 6.79. The minimum Gasteiger partial charge on any atom is -0.362 e. The molecule has 1 unspecified atom stereocenters. The molecular formula is C14H16BrN5O2. The molecule has 0 amide bonds. The van der Waals surface area contributed by atoms with Gasteiger partial charge >= 0.3 is 5.69 Å². The molecule has 7 nitrogen and oxygen atoms in total. The summed E-state index contributed by atoms with van der Waals surface area (Å²) in [6.07, 6.45) is 2.13. The van der Waals surface area contributed by atoms with Crippen molar-refractivity contribution in [2.24, 2.45) is 0 Å². The number of anilines is 3. The van der Waals surface area contributed by atoms with Crippen LogP contribution in [0.4, 0.5) is 23.0 Å². The van der Waals surface area contributed by atoms with Gasteiger partial charge in [0.15, 0.2) is 0 Å². The van der Waals surface area contributed by atoms with Gasteiger partial charge in [-0.3, -0.25) is 10.1 Å². The van der Waals surface area contributed by atoms with Gasteiger partial charge in [-0.2, -0.15) is 0 Å². The van der Waals surface area contributed by atoms with Crippen molar-refractivity contribution < 1.29 is 4.92 Å². The first-order valence-corrected chi connectivity index (χ1v) is 7.59. The molecule has 22 heavy (non-hydrogen) atoms. The van der Waals surface area contributed by atoms with E-state index >= 15 is 0 Å². The van der Waals surface area contributed by atoms with Crippen LogP contribution >= 0.6 is 15.9 Å². The van der Waals surface area contributed by atoms with Crippen LogP contribution in [0.15, 0.2) is 35.1 Å². The van der Waals surface area contributed by atoms with Crippen LogP contribution in [0.5, 0.6) is 0 Å². The second-order valence-corrected chi connectivity index (χ2v) is 5.68. The van der Waals surface area contributed by atoms with Crippen molar-refractivity contribution in [3.63, 3.8) is 0 Å². The Labute approximate surface area is 136 Å². The molecule has 0 fully saturated rings. The number of nitrogens with zero attached hydrogens (tertiary/aromatic N) is 3. The van der Waals surface area contributed by atoms with Crippen LogP contribution in [0.2, 0.25) is 0 Å². The second-order valence-electron chi connectivity index (χ2n) is 4.77. The Morgan fingerprint density at radius 1 is 1.36 bits per heavy atom. The molecule has 2 aromatic rings. The average Bonchev–Trinajstić information content (AvgIpc) is 2.47. The molecule has 2 rings (SSSR count). The zero-order valence-corrected chi connectivity index (χ0v) is 13.8. The molecule has 0 spiro atoms. The Balaban J connectivity index is 2.38. The number of benzene rings is 1. The fourth-order valence-electron chi connectivity index (χ4n) is 1.79. The van der Waals surface area contributed by atoms with Crippen LogP contribution in [0.25, 0.3) is 0 Å². The first kappa shape index (κ1) is 16.2. The molecule has 0 bridgehead atoms.